The van der Waals surface area contributed by atoms with Gasteiger partial charge in [0.25, 0.3) is 11.5 Å². The highest BCUT2D eigenvalue weighted by molar-refractivity contribution is 7.99. The van der Waals surface area contributed by atoms with E-state index in [1.54, 1.807) is 30.3 Å². The van der Waals surface area contributed by atoms with E-state index in [1.165, 1.54) is 11.5 Å². The Kier molecular flexibility index (Phi) is 10.6. The Morgan fingerprint density at radius 1 is 1.00 bits per heavy atom. The van der Waals surface area contributed by atoms with Crippen molar-refractivity contribution in [3.05, 3.63) is 122 Å². The maximum absolute atomic E-state index is 15.9. The lowest BCUT2D eigenvalue weighted by molar-refractivity contribution is -0.142. The van der Waals surface area contributed by atoms with Crippen molar-refractivity contribution in [2.45, 2.75) is 49.5 Å². The van der Waals surface area contributed by atoms with E-state index in [0.717, 1.165) is 48.2 Å². The molecule has 2 N–H and O–H groups in total. The lowest BCUT2D eigenvalue weighted by Gasteiger charge is -2.28. The third-order valence-electron chi connectivity index (χ3n) is 8.36. The van der Waals surface area contributed by atoms with Crippen LogP contribution in [-0.4, -0.2) is 41.2 Å². The zero-order chi connectivity index (χ0) is 35.7. The number of alkyl halides is 5. The molecule has 0 radical (unpaired) electrons. The van der Waals surface area contributed by atoms with Gasteiger partial charge in [0, 0.05) is 36.8 Å². The van der Waals surface area contributed by atoms with Gasteiger partial charge in [-0.2, -0.15) is 13.2 Å². The van der Waals surface area contributed by atoms with Gasteiger partial charge in [-0.3, -0.25) is 9.36 Å². The molecule has 0 aliphatic carbocycles. The zero-order valence-corrected chi connectivity index (χ0v) is 27.0. The highest BCUT2D eigenvalue weighted by Gasteiger charge is 2.39. The summed E-state index contributed by atoms with van der Waals surface area (Å²) in [6, 6.07) is 13.2. The van der Waals surface area contributed by atoms with Crippen molar-refractivity contribution in [1.29, 1.82) is 0 Å². The molecule has 0 fully saturated rings. The van der Waals surface area contributed by atoms with Crippen LogP contribution in [0.25, 0.3) is 11.1 Å². The monoisotopic (exact) mass is 708 g/mol. The van der Waals surface area contributed by atoms with Crippen molar-refractivity contribution < 1.29 is 45.4 Å². The zero-order valence-electron chi connectivity index (χ0n) is 26.2. The molecular formula is C35H31F7N2O4S. The molecule has 4 aromatic rings. The number of hydrogen-bond acceptors (Lipinski definition) is 5. The minimum absolute atomic E-state index is 0.0155. The second-order valence-electron chi connectivity index (χ2n) is 11.6. The summed E-state index contributed by atoms with van der Waals surface area (Å²) < 4.78 is 109. The first kappa shape index (κ1) is 36.1. The van der Waals surface area contributed by atoms with Gasteiger partial charge in [0.2, 0.25) is 0 Å². The molecule has 1 aliphatic heterocycles. The third-order valence-corrected chi connectivity index (χ3v) is 9.58. The van der Waals surface area contributed by atoms with Gasteiger partial charge >= 0.3 is 12.1 Å². The molecule has 49 heavy (non-hydrogen) atoms. The van der Waals surface area contributed by atoms with Gasteiger partial charge in [0.15, 0.2) is 0 Å². The molecule has 5 rings (SSSR count). The molecule has 1 aromatic heterocycles. The van der Waals surface area contributed by atoms with Gasteiger partial charge in [0.05, 0.1) is 40.4 Å². The van der Waals surface area contributed by atoms with E-state index in [2.05, 4.69) is 5.32 Å². The van der Waals surface area contributed by atoms with Crippen LogP contribution in [-0.2, 0) is 28.1 Å². The molecule has 0 saturated heterocycles. The van der Waals surface area contributed by atoms with Crippen LogP contribution in [0.4, 0.5) is 30.7 Å². The first-order valence-corrected chi connectivity index (χ1v) is 16.1. The molecule has 260 valence electrons. The average Bonchev–Trinajstić information content (AvgIpc) is 3.46. The Labute approximate surface area is 280 Å². The lowest BCUT2D eigenvalue weighted by Crippen LogP contribution is -2.37. The van der Waals surface area contributed by atoms with Crippen LogP contribution in [0.2, 0.25) is 0 Å². The summed E-state index contributed by atoms with van der Waals surface area (Å²) in [5, 5.41) is 12.4. The highest BCUT2D eigenvalue weighted by atomic mass is 32.2. The molecule has 3 aromatic carbocycles. The van der Waals surface area contributed by atoms with Crippen molar-refractivity contribution in [2.75, 3.05) is 25.5 Å². The highest BCUT2D eigenvalue weighted by Crippen LogP contribution is 2.45. The molecule has 6 nitrogen and oxygen atoms in total. The summed E-state index contributed by atoms with van der Waals surface area (Å²) in [6.07, 6.45) is -5.55. The predicted molar refractivity (Wildman–Crippen MR) is 170 cm³/mol. The van der Waals surface area contributed by atoms with E-state index < -0.39 is 82.6 Å². The van der Waals surface area contributed by atoms with Gasteiger partial charge in [-0.1, -0.05) is 54.6 Å². The second kappa shape index (κ2) is 14.4. The van der Waals surface area contributed by atoms with Crippen LogP contribution in [0.3, 0.4) is 0 Å². The molecule has 0 saturated carbocycles. The summed E-state index contributed by atoms with van der Waals surface area (Å²) in [7, 11) is 0. The number of carbonyl (C=O) groups is 1. The summed E-state index contributed by atoms with van der Waals surface area (Å²) in [6.45, 7) is 1.47. The maximum atomic E-state index is 15.9. The minimum atomic E-state index is -4.92. The summed E-state index contributed by atoms with van der Waals surface area (Å²) in [5.41, 5.74) is -3.61. The van der Waals surface area contributed by atoms with E-state index in [4.69, 9.17) is 9.84 Å². The number of aliphatic carboxylic acids is 1. The standard InChI is InChI=1S/C35H31F7N2O4S/c1-19-22(16-23-24(35(40,41)42)11-7-13-26(23)36)33-44(32(47)29(19)21-10-6-12-25(30(21)37)34(2,38)39)27(18-49-33)31(20-8-4-3-5-9-20)43-14-15-48-17-28(45)46/h3-13,27,31,43H,14-18H2,1-2H3,(H,45,46). The number of hydrogen-bond donors (Lipinski definition) is 2. The van der Waals surface area contributed by atoms with Crippen molar-refractivity contribution >= 4 is 17.7 Å². The Hall–Kier alpha value is -4.14. The van der Waals surface area contributed by atoms with Gasteiger partial charge in [-0.25, -0.2) is 22.4 Å². The summed E-state index contributed by atoms with van der Waals surface area (Å²) >= 11 is 1.15. The SMILES string of the molecule is Cc1c(Cc2c(F)cccc2C(F)(F)F)c2n(c(=O)c1-c1cccc(C(C)(F)F)c1F)C(C(NCCOCC(=O)O)c1ccccc1)CS2. The van der Waals surface area contributed by atoms with E-state index >= 15 is 8.78 Å². The number of carboxylic acid groups (broad SMARTS) is 1. The fraction of sp³-hybridized carbons (Fsp3) is 0.314. The topological polar surface area (TPSA) is 80.6 Å². The van der Waals surface area contributed by atoms with Gasteiger partial charge in [-0.05, 0) is 35.7 Å². The molecule has 1 aliphatic rings. The van der Waals surface area contributed by atoms with Crippen molar-refractivity contribution in [3.63, 3.8) is 0 Å². The van der Waals surface area contributed by atoms with Gasteiger partial charge in [0.1, 0.15) is 18.2 Å². The number of thioether (sulfide) groups is 1. The first-order chi connectivity index (χ1) is 23.1. The normalized spacial score (nSPS) is 15.3. The Bertz CT molecular complexity index is 1910. The molecular weight excluding hydrogens is 677 g/mol. The summed E-state index contributed by atoms with van der Waals surface area (Å²) in [5.74, 6) is -7.08. The van der Waals surface area contributed by atoms with Crippen molar-refractivity contribution in [1.82, 2.24) is 9.88 Å². The fourth-order valence-electron chi connectivity index (χ4n) is 6.12. The number of ether oxygens (including phenoxy) is 1. The van der Waals surface area contributed by atoms with E-state index in [9.17, 15) is 31.5 Å². The van der Waals surface area contributed by atoms with Gasteiger partial charge < -0.3 is 15.2 Å². The number of rotatable bonds is 12. The number of benzene rings is 3. The number of nitrogens with zero attached hydrogens (tertiary/aromatic N) is 1. The maximum Gasteiger partial charge on any atom is 0.416 e. The largest absolute Gasteiger partial charge is 0.480 e. The molecule has 2 atom stereocenters. The number of pyridine rings is 1. The molecule has 2 heterocycles. The molecule has 0 spiro atoms. The second-order valence-corrected chi connectivity index (χ2v) is 12.6. The van der Waals surface area contributed by atoms with Crippen molar-refractivity contribution in [3.8, 4) is 11.1 Å². The van der Waals surface area contributed by atoms with Crippen LogP contribution >= 0.6 is 11.8 Å². The van der Waals surface area contributed by atoms with Crippen LogP contribution in [0.5, 0.6) is 0 Å². The number of nitrogens with one attached hydrogen (secondary N) is 1. The average molecular weight is 709 g/mol. The first-order valence-electron chi connectivity index (χ1n) is 15.1. The number of carboxylic acids is 1. The number of aromatic nitrogens is 1. The smallest absolute Gasteiger partial charge is 0.416 e. The predicted octanol–water partition coefficient (Wildman–Crippen LogP) is 7.90. The Morgan fingerprint density at radius 3 is 2.33 bits per heavy atom. The number of halogens is 7. The van der Waals surface area contributed by atoms with E-state index in [-0.39, 0.29) is 40.6 Å². The fourth-order valence-corrected chi connectivity index (χ4v) is 7.55. The minimum Gasteiger partial charge on any atom is -0.480 e. The van der Waals surface area contributed by atoms with E-state index in [1.807, 2.05) is 0 Å². The van der Waals surface area contributed by atoms with Crippen LogP contribution in [0.15, 0.2) is 76.6 Å². The molecule has 2 unspecified atom stereocenters. The van der Waals surface area contributed by atoms with Crippen LogP contribution in [0.1, 0.15) is 52.4 Å². The van der Waals surface area contributed by atoms with Gasteiger partial charge in [-0.15, -0.1) is 11.8 Å². The molecule has 0 bridgehead atoms. The van der Waals surface area contributed by atoms with E-state index in [0.29, 0.717) is 12.5 Å². The summed E-state index contributed by atoms with van der Waals surface area (Å²) in [4.78, 5) is 25.4. The quantitative estimate of drug-likeness (QED) is 0.115. The van der Waals surface area contributed by atoms with Crippen LogP contribution < -0.4 is 10.9 Å². The van der Waals surface area contributed by atoms with Crippen LogP contribution in [0, 0.1) is 18.6 Å². The Balaban J connectivity index is 1.74. The Morgan fingerprint density at radius 2 is 1.67 bits per heavy atom. The lowest BCUT2D eigenvalue weighted by atomic mass is 9.91. The van der Waals surface area contributed by atoms with Crippen molar-refractivity contribution in [2.24, 2.45) is 0 Å². The molecule has 0 amide bonds. The molecule has 14 heteroatoms. The third kappa shape index (κ3) is 7.55. The number of fused-ring (bicyclic) bond motifs is 1.